The van der Waals surface area contributed by atoms with Crippen molar-refractivity contribution in [1.82, 2.24) is 14.5 Å². The molecule has 0 aliphatic carbocycles. The molecule has 3 aromatic rings. The van der Waals surface area contributed by atoms with Crippen molar-refractivity contribution in [2.75, 3.05) is 6.61 Å². The largest absolute Gasteiger partial charge is 0.450 e. The van der Waals surface area contributed by atoms with Gasteiger partial charge in [-0.15, -0.1) is 0 Å². The molecule has 1 aromatic carbocycles. The standard InChI is InChI=1S/C22H24FN4O4S/c1-6-30-32(29)26-22-24-11-19(31-18-8-7-14(4)9-17(18)23)20(25-22)16-10-15(5)21(28)27(12-16)13(2)3/h7-13H,6H2,1-5H3/q-1. The Kier molecular flexibility index (Phi) is 7.37. The molecule has 0 bridgehead atoms. The molecule has 3 rings (SSSR count). The Morgan fingerprint density at radius 2 is 1.97 bits per heavy atom. The van der Waals surface area contributed by atoms with E-state index >= 15 is 0 Å². The van der Waals surface area contributed by atoms with Crippen LogP contribution in [0.25, 0.3) is 11.3 Å². The summed E-state index contributed by atoms with van der Waals surface area (Å²) in [6.07, 6.45) is 2.97. The average Bonchev–Trinajstić information content (AvgIpc) is 2.73. The number of aryl methyl sites for hydroxylation is 2. The van der Waals surface area contributed by atoms with Gasteiger partial charge >= 0.3 is 0 Å². The van der Waals surface area contributed by atoms with Crippen LogP contribution in [0.3, 0.4) is 0 Å². The van der Waals surface area contributed by atoms with Gasteiger partial charge in [-0.25, -0.2) is 14.4 Å². The van der Waals surface area contributed by atoms with Crippen molar-refractivity contribution >= 4 is 16.8 Å². The summed E-state index contributed by atoms with van der Waals surface area (Å²) >= 11 is 0. The molecule has 2 heterocycles. The Bertz CT molecular complexity index is 1280. The first-order chi connectivity index (χ1) is 15.2. The molecule has 0 aliphatic rings. The average molecular weight is 460 g/mol. The summed E-state index contributed by atoms with van der Waals surface area (Å²) in [7, 11) is -1.96. The first-order valence-electron chi connectivity index (χ1n) is 10.0. The third kappa shape index (κ3) is 5.38. The van der Waals surface area contributed by atoms with E-state index in [1.165, 1.54) is 18.3 Å². The van der Waals surface area contributed by atoms with Crippen molar-refractivity contribution in [2.24, 2.45) is 4.36 Å². The van der Waals surface area contributed by atoms with E-state index in [2.05, 4.69) is 14.3 Å². The molecule has 0 spiro atoms. The van der Waals surface area contributed by atoms with Crippen LogP contribution in [0, 0.1) is 19.7 Å². The topological polar surface area (TPSA) is 95.7 Å². The molecule has 0 amide bonds. The van der Waals surface area contributed by atoms with Crippen LogP contribution in [-0.2, 0) is 19.3 Å². The monoisotopic (exact) mass is 459 g/mol. The quantitative estimate of drug-likeness (QED) is 0.453. The SMILES string of the molecule is CCO[S-](=O)=Nc1ncc(Oc2ccc(C)cc2F)c(-c2cc(C)c(=O)n(C(C)C)c2)n1. The van der Waals surface area contributed by atoms with Gasteiger partial charge in [0.05, 0.1) is 6.20 Å². The molecule has 10 heteroatoms. The second-order valence-corrected chi connectivity index (χ2v) is 8.20. The third-order valence-electron chi connectivity index (χ3n) is 4.48. The lowest BCUT2D eigenvalue weighted by Crippen LogP contribution is -2.23. The van der Waals surface area contributed by atoms with Crippen LogP contribution in [0.5, 0.6) is 11.5 Å². The van der Waals surface area contributed by atoms with E-state index in [0.29, 0.717) is 11.1 Å². The van der Waals surface area contributed by atoms with Gasteiger partial charge in [-0.05, 0) is 58.4 Å². The van der Waals surface area contributed by atoms with Gasteiger partial charge in [0, 0.05) is 30.0 Å². The van der Waals surface area contributed by atoms with Crippen molar-refractivity contribution in [3.05, 3.63) is 64.0 Å². The molecule has 0 N–H and O–H groups in total. The van der Waals surface area contributed by atoms with Crippen LogP contribution < -0.4 is 10.3 Å². The number of hydrogen-bond acceptors (Lipinski definition) is 8. The number of rotatable bonds is 7. The van der Waals surface area contributed by atoms with Gasteiger partial charge in [0.1, 0.15) is 5.69 Å². The zero-order valence-corrected chi connectivity index (χ0v) is 19.3. The highest BCUT2D eigenvalue weighted by Gasteiger charge is 2.16. The zero-order chi connectivity index (χ0) is 23.4. The molecule has 0 unspecified atom stereocenters. The fraction of sp³-hybridized carbons (Fsp3) is 0.318. The van der Waals surface area contributed by atoms with Crippen molar-refractivity contribution in [3.8, 4) is 22.8 Å². The predicted octanol–water partition coefficient (Wildman–Crippen LogP) is 5.16. The van der Waals surface area contributed by atoms with Crippen LogP contribution >= 0.6 is 0 Å². The number of hydrogen-bond donors (Lipinski definition) is 0. The third-order valence-corrected chi connectivity index (χ3v) is 5.23. The number of nitrogens with zero attached hydrogens (tertiary/aromatic N) is 4. The van der Waals surface area contributed by atoms with Crippen molar-refractivity contribution in [3.63, 3.8) is 0 Å². The molecule has 32 heavy (non-hydrogen) atoms. The summed E-state index contributed by atoms with van der Waals surface area (Å²) in [4.78, 5) is 20.9. The number of aromatic nitrogens is 3. The van der Waals surface area contributed by atoms with Gasteiger partial charge in [0.15, 0.2) is 17.3 Å². The highest BCUT2D eigenvalue weighted by molar-refractivity contribution is 7.69. The van der Waals surface area contributed by atoms with E-state index in [9.17, 15) is 13.4 Å². The molecular formula is C22H24FN4O4S-. The Morgan fingerprint density at radius 1 is 1.22 bits per heavy atom. The minimum Gasteiger partial charge on any atom is -0.450 e. The van der Waals surface area contributed by atoms with Gasteiger partial charge < -0.3 is 22.1 Å². The molecule has 0 aliphatic heterocycles. The molecule has 0 fully saturated rings. The number of ether oxygens (including phenoxy) is 1. The molecule has 2 aromatic heterocycles. The number of benzene rings is 1. The van der Waals surface area contributed by atoms with E-state index in [1.54, 1.807) is 43.7 Å². The Balaban J connectivity index is 2.19. The van der Waals surface area contributed by atoms with E-state index in [-0.39, 0.29) is 41.3 Å². The fourth-order valence-electron chi connectivity index (χ4n) is 2.95. The summed E-state index contributed by atoms with van der Waals surface area (Å²) < 4.78 is 42.4. The van der Waals surface area contributed by atoms with Crippen LogP contribution in [0.2, 0.25) is 0 Å². The molecule has 0 saturated carbocycles. The van der Waals surface area contributed by atoms with E-state index in [1.807, 2.05) is 13.8 Å². The van der Waals surface area contributed by atoms with E-state index in [4.69, 9.17) is 8.92 Å². The summed E-state index contributed by atoms with van der Waals surface area (Å²) in [6, 6.07) is 6.14. The van der Waals surface area contributed by atoms with Gasteiger partial charge in [0.25, 0.3) is 5.56 Å². The van der Waals surface area contributed by atoms with E-state index in [0.717, 1.165) is 5.56 Å². The first-order valence-corrected chi connectivity index (χ1v) is 11.0. The molecule has 0 radical (unpaired) electrons. The fourth-order valence-corrected chi connectivity index (χ4v) is 3.42. The van der Waals surface area contributed by atoms with Gasteiger partial charge in [-0.2, -0.15) is 0 Å². The summed E-state index contributed by atoms with van der Waals surface area (Å²) in [5, 5.41) is 0. The predicted molar refractivity (Wildman–Crippen MR) is 120 cm³/mol. The van der Waals surface area contributed by atoms with Crippen molar-refractivity contribution in [1.29, 1.82) is 0 Å². The first kappa shape index (κ1) is 23.6. The molecule has 8 nitrogen and oxygen atoms in total. The maximum atomic E-state index is 14.4. The van der Waals surface area contributed by atoms with Gasteiger partial charge in [0.2, 0.25) is 5.95 Å². The Hall–Kier alpha value is -3.11. The summed E-state index contributed by atoms with van der Waals surface area (Å²) in [5.74, 6) is -0.479. The van der Waals surface area contributed by atoms with Crippen LogP contribution in [0.15, 0.2) is 45.8 Å². The lowest BCUT2D eigenvalue weighted by Gasteiger charge is -2.16. The van der Waals surface area contributed by atoms with Crippen LogP contribution in [-0.4, -0.2) is 21.1 Å². The minimum atomic E-state index is -1.96. The second kappa shape index (κ2) is 10.0. The van der Waals surface area contributed by atoms with Crippen LogP contribution in [0.1, 0.15) is 37.9 Å². The number of halogens is 1. The highest BCUT2D eigenvalue weighted by atomic mass is 32.2. The Labute approximate surface area is 187 Å². The maximum Gasteiger partial charge on any atom is 0.253 e. The highest BCUT2D eigenvalue weighted by Crippen LogP contribution is 2.34. The molecule has 0 saturated heterocycles. The molecule has 170 valence electrons. The van der Waals surface area contributed by atoms with Gasteiger partial charge in [-0.3, -0.25) is 4.79 Å². The molecular weight excluding hydrogens is 435 g/mol. The lowest BCUT2D eigenvalue weighted by atomic mass is 10.1. The maximum absolute atomic E-state index is 14.4. The number of pyridine rings is 1. The summed E-state index contributed by atoms with van der Waals surface area (Å²) in [6.45, 7) is 9.13. The van der Waals surface area contributed by atoms with Gasteiger partial charge in [-0.1, -0.05) is 16.9 Å². The summed E-state index contributed by atoms with van der Waals surface area (Å²) in [5.41, 5.74) is 1.92. The normalized spacial score (nSPS) is 12.3. The Morgan fingerprint density at radius 3 is 2.62 bits per heavy atom. The smallest absolute Gasteiger partial charge is 0.253 e. The van der Waals surface area contributed by atoms with Crippen LogP contribution in [0.4, 0.5) is 10.3 Å². The zero-order valence-electron chi connectivity index (χ0n) is 18.5. The van der Waals surface area contributed by atoms with Crippen molar-refractivity contribution < 1.29 is 17.5 Å². The lowest BCUT2D eigenvalue weighted by molar-refractivity contribution is 0.369. The van der Waals surface area contributed by atoms with Crippen molar-refractivity contribution in [2.45, 2.75) is 40.7 Å². The van der Waals surface area contributed by atoms with E-state index < -0.39 is 16.7 Å². The minimum absolute atomic E-state index is 0.00284. The molecule has 0 atom stereocenters. The second-order valence-electron chi connectivity index (χ2n) is 7.35.